The number of aliphatic imine (C=N–C) groups is 1. The topological polar surface area (TPSA) is 39.7 Å². The van der Waals surface area contributed by atoms with E-state index in [1.54, 1.807) is 11.3 Å². The average Bonchev–Trinajstić information content (AvgIpc) is 3.14. The van der Waals surface area contributed by atoms with Crippen LogP contribution in [-0.4, -0.2) is 44.1 Å². The minimum absolute atomic E-state index is 0.788. The van der Waals surface area contributed by atoms with Crippen molar-refractivity contribution in [1.82, 2.24) is 15.5 Å². The second-order valence-electron chi connectivity index (χ2n) is 5.80. The van der Waals surface area contributed by atoms with E-state index in [2.05, 4.69) is 45.9 Å². The van der Waals surface area contributed by atoms with Crippen LogP contribution in [0.5, 0.6) is 0 Å². The van der Waals surface area contributed by atoms with Gasteiger partial charge in [0.2, 0.25) is 0 Å². The molecule has 1 aliphatic carbocycles. The third-order valence-corrected chi connectivity index (χ3v) is 5.34. The van der Waals surface area contributed by atoms with E-state index < -0.39 is 0 Å². The van der Waals surface area contributed by atoms with E-state index >= 15 is 0 Å². The Balaban J connectivity index is 1.67. The van der Waals surface area contributed by atoms with E-state index in [1.807, 2.05) is 7.05 Å². The van der Waals surface area contributed by atoms with Crippen molar-refractivity contribution in [2.75, 3.05) is 27.2 Å². The Bertz CT molecular complexity index is 449. The molecule has 0 amide bonds. The SMILES string of the molecule is CN=C(NCCN(C)C1CCCC1)NCc1sccc1C. The Morgan fingerprint density at radius 3 is 2.76 bits per heavy atom. The molecular formula is C16H28N4S. The molecule has 0 saturated heterocycles. The average molecular weight is 308 g/mol. The van der Waals surface area contributed by atoms with E-state index in [4.69, 9.17) is 0 Å². The van der Waals surface area contributed by atoms with Crippen LogP contribution in [0.1, 0.15) is 36.1 Å². The van der Waals surface area contributed by atoms with Gasteiger partial charge in [0.05, 0.1) is 6.54 Å². The fourth-order valence-corrected chi connectivity index (χ4v) is 3.69. The van der Waals surface area contributed by atoms with Gasteiger partial charge in [-0.3, -0.25) is 4.99 Å². The van der Waals surface area contributed by atoms with Gasteiger partial charge in [-0.05, 0) is 43.8 Å². The predicted octanol–water partition coefficient (Wildman–Crippen LogP) is 2.60. The highest BCUT2D eigenvalue weighted by atomic mass is 32.1. The highest BCUT2D eigenvalue weighted by Crippen LogP contribution is 2.21. The summed E-state index contributed by atoms with van der Waals surface area (Å²) in [6.45, 7) is 5.02. The van der Waals surface area contributed by atoms with Crippen LogP contribution in [0.2, 0.25) is 0 Å². The number of nitrogens with zero attached hydrogens (tertiary/aromatic N) is 2. The highest BCUT2D eigenvalue weighted by Gasteiger charge is 2.18. The third-order valence-electron chi connectivity index (χ3n) is 4.31. The highest BCUT2D eigenvalue weighted by molar-refractivity contribution is 7.10. The summed E-state index contributed by atoms with van der Waals surface area (Å²) in [7, 11) is 4.07. The van der Waals surface area contributed by atoms with E-state index in [9.17, 15) is 0 Å². The lowest BCUT2D eigenvalue weighted by Crippen LogP contribution is -2.42. The Labute approximate surface area is 132 Å². The van der Waals surface area contributed by atoms with Gasteiger partial charge in [0.1, 0.15) is 0 Å². The van der Waals surface area contributed by atoms with Crippen LogP contribution in [0.4, 0.5) is 0 Å². The first kappa shape index (κ1) is 16.3. The van der Waals surface area contributed by atoms with Crippen molar-refractivity contribution < 1.29 is 0 Å². The number of aryl methyl sites for hydroxylation is 1. The summed E-state index contributed by atoms with van der Waals surface area (Å²) in [5, 5.41) is 8.93. The Morgan fingerprint density at radius 1 is 1.38 bits per heavy atom. The molecule has 21 heavy (non-hydrogen) atoms. The van der Waals surface area contributed by atoms with E-state index in [-0.39, 0.29) is 0 Å². The van der Waals surface area contributed by atoms with Gasteiger partial charge in [0.25, 0.3) is 0 Å². The van der Waals surface area contributed by atoms with E-state index in [0.717, 1.165) is 31.6 Å². The van der Waals surface area contributed by atoms with Crippen LogP contribution in [-0.2, 0) is 6.54 Å². The molecule has 1 aliphatic rings. The van der Waals surface area contributed by atoms with Crippen molar-refractivity contribution in [1.29, 1.82) is 0 Å². The molecule has 1 aromatic heterocycles. The molecule has 2 rings (SSSR count). The molecule has 1 fully saturated rings. The summed E-state index contributed by atoms with van der Waals surface area (Å²) in [6.07, 6.45) is 5.51. The number of rotatable bonds is 6. The van der Waals surface area contributed by atoms with Gasteiger partial charge in [-0.15, -0.1) is 11.3 Å². The molecule has 5 heteroatoms. The molecule has 2 N–H and O–H groups in total. The van der Waals surface area contributed by atoms with Crippen molar-refractivity contribution >= 4 is 17.3 Å². The lowest BCUT2D eigenvalue weighted by Gasteiger charge is -2.24. The van der Waals surface area contributed by atoms with Gasteiger partial charge in [-0.25, -0.2) is 0 Å². The second kappa shape index (κ2) is 8.39. The first-order valence-corrected chi connectivity index (χ1v) is 8.76. The zero-order valence-corrected chi connectivity index (χ0v) is 14.3. The largest absolute Gasteiger partial charge is 0.355 e. The summed E-state index contributed by atoms with van der Waals surface area (Å²) in [5.74, 6) is 0.891. The van der Waals surface area contributed by atoms with Crippen molar-refractivity contribution in [3.05, 3.63) is 21.9 Å². The van der Waals surface area contributed by atoms with Crippen LogP contribution in [0, 0.1) is 6.92 Å². The van der Waals surface area contributed by atoms with Gasteiger partial charge < -0.3 is 15.5 Å². The lowest BCUT2D eigenvalue weighted by atomic mass is 10.2. The molecule has 4 nitrogen and oxygen atoms in total. The fraction of sp³-hybridized carbons (Fsp3) is 0.688. The molecule has 0 radical (unpaired) electrons. The van der Waals surface area contributed by atoms with Gasteiger partial charge in [-0.2, -0.15) is 0 Å². The fourth-order valence-electron chi connectivity index (χ4n) is 2.85. The number of nitrogens with one attached hydrogen (secondary N) is 2. The zero-order valence-electron chi connectivity index (χ0n) is 13.5. The van der Waals surface area contributed by atoms with Crippen molar-refractivity contribution in [2.45, 2.75) is 45.2 Å². The third kappa shape index (κ3) is 5.00. The first-order valence-electron chi connectivity index (χ1n) is 7.88. The molecule has 118 valence electrons. The molecule has 0 bridgehead atoms. The number of hydrogen-bond acceptors (Lipinski definition) is 3. The molecule has 0 aliphatic heterocycles. The smallest absolute Gasteiger partial charge is 0.191 e. The molecular weight excluding hydrogens is 280 g/mol. The molecule has 1 saturated carbocycles. The zero-order chi connectivity index (χ0) is 15.1. The molecule has 0 aromatic carbocycles. The number of guanidine groups is 1. The lowest BCUT2D eigenvalue weighted by molar-refractivity contribution is 0.249. The first-order chi connectivity index (χ1) is 10.2. The summed E-state index contributed by atoms with van der Waals surface area (Å²) >= 11 is 1.79. The monoisotopic (exact) mass is 308 g/mol. The Morgan fingerprint density at radius 2 is 2.14 bits per heavy atom. The van der Waals surface area contributed by atoms with Gasteiger partial charge in [0.15, 0.2) is 5.96 Å². The maximum absolute atomic E-state index is 4.29. The number of thiophene rings is 1. The molecule has 0 unspecified atom stereocenters. The van der Waals surface area contributed by atoms with E-state index in [0.29, 0.717) is 0 Å². The van der Waals surface area contributed by atoms with Crippen molar-refractivity contribution in [3.63, 3.8) is 0 Å². The normalized spacial score (nSPS) is 16.7. The summed E-state index contributed by atoms with van der Waals surface area (Å²) in [5.41, 5.74) is 1.35. The quantitative estimate of drug-likeness (QED) is 0.627. The van der Waals surface area contributed by atoms with Crippen molar-refractivity contribution in [3.8, 4) is 0 Å². The maximum atomic E-state index is 4.29. The van der Waals surface area contributed by atoms with Gasteiger partial charge >= 0.3 is 0 Å². The minimum Gasteiger partial charge on any atom is -0.355 e. The van der Waals surface area contributed by atoms with Gasteiger partial charge in [-0.1, -0.05) is 12.8 Å². The van der Waals surface area contributed by atoms with Crippen molar-refractivity contribution in [2.24, 2.45) is 4.99 Å². The molecule has 0 spiro atoms. The maximum Gasteiger partial charge on any atom is 0.191 e. The second-order valence-corrected chi connectivity index (χ2v) is 6.80. The van der Waals surface area contributed by atoms with Crippen LogP contribution < -0.4 is 10.6 Å². The number of likely N-dealkylation sites (N-methyl/N-ethyl adjacent to an activating group) is 1. The Kier molecular flexibility index (Phi) is 6.51. The van der Waals surface area contributed by atoms with Crippen LogP contribution in [0.3, 0.4) is 0 Å². The minimum atomic E-state index is 0.788. The van der Waals surface area contributed by atoms with Crippen LogP contribution >= 0.6 is 11.3 Å². The summed E-state index contributed by atoms with van der Waals surface area (Å²) in [4.78, 5) is 8.15. The number of hydrogen-bond donors (Lipinski definition) is 2. The molecule has 0 atom stereocenters. The van der Waals surface area contributed by atoms with E-state index in [1.165, 1.54) is 36.1 Å². The summed E-state index contributed by atoms with van der Waals surface area (Å²) in [6, 6.07) is 2.95. The Hall–Kier alpha value is -1.07. The van der Waals surface area contributed by atoms with Crippen LogP contribution in [0.15, 0.2) is 16.4 Å². The van der Waals surface area contributed by atoms with Gasteiger partial charge in [0, 0.05) is 31.1 Å². The summed E-state index contributed by atoms with van der Waals surface area (Å²) < 4.78 is 0. The predicted molar refractivity (Wildman–Crippen MR) is 92.1 cm³/mol. The molecule has 1 heterocycles. The molecule has 1 aromatic rings. The van der Waals surface area contributed by atoms with Crippen LogP contribution in [0.25, 0.3) is 0 Å². The standard InChI is InChI=1S/C16H28N4S/c1-13-8-11-21-15(13)12-19-16(17-2)18-9-10-20(3)14-6-4-5-7-14/h8,11,14H,4-7,9-10,12H2,1-3H3,(H2,17,18,19).